The number of hydrogen-bond acceptors (Lipinski definition) is 4. The fraction of sp³-hybridized carbons (Fsp3) is 0.600. The van der Waals surface area contributed by atoms with Crippen molar-refractivity contribution < 1.29 is 19.8 Å². The van der Waals surface area contributed by atoms with Crippen molar-refractivity contribution in [2.45, 2.75) is 65.3 Å². The van der Waals surface area contributed by atoms with E-state index in [1.807, 2.05) is 19.9 Å². The number of allylic oxidation sites excluding steroid dienone is 1. The summed E-state index contributed by atoms with van der Waals surface area (Å²) in [6.07, 6.45) is 7.83. The van der Waals surface area contributed by atoms with Gasteiger partial charge in [0.15, 0.2) is 0 Å². The van der Waals surface area contributed by atoms with E-state index in [9.17, 15) is 9.59 Å². The number of unbranched alkanes of at least 4 members (excludes halogenated alkanes) is 5. The quantitative estimate of drug-likeness (QED) is 0.340. The number of aliphatic carboxylic acids is 1. The lowest BCUT2D eigenvalue weighted by Crippen LogP contribution is -2.29. The standard InChI is InChI=1S/C16H27NO4.C9H13N/c1-16(2)11-12(16)14(19)17-13(15(20)21)9-7-5-3-4-6-8-10-18;1-10(2)8-9-6-4-3-5-7-9/h9,12,18H,3-8,10-11H2,1-2H3,(H,17,19)(H,20,21);3-7H,8H2,1-2H3/b13-9+;. The fourth-order valence-corrected chi connectivity index (χ4v) is 3.31. The van der Waals surface area contributed by atoms with E-state index in [1.165, 1.54) is 5.56 Å². The Balaban J connectivity index is 0.000000399. The van der Waals surface area contributed by atoms with E-state index < -0.39 is 5.97 Å². The molecule has 0 heterocycles. The molecule has 6 heteroatoms. The van der Waals surface area contributed by atoms with Crippen molar-refractivity contribution in [3.63, 3.8) is 0 Å². The zero-order valence-electron chi connectivity index (χ0n) is 19.6. The lowest BCUT2D eigenvalue weighted by molar-refractivity contribution is -0.135. The van der Waals surface area contributed by atoms with Crippen LogP contribution in [0, 0.1) is 11.3 Å². The summed E-state index contributed by atoms with van der Waals surface area (Å²) >= 11 is 0. The Morgan fingerprint density at radius 2 is 1.68 bits per heavy atom. The lowest BCUT2D eigenvalue weighted by atomic mass is 10.1. The van der Waals surface area contributed by atoms with Crippen LogP contribution in [0.3, 0.4) is 0 Å². The summed E-state index contributed by atoms with van der Waals surface area (Å²) in [5.74, 6) is -1.34. The van der Waals surface area contributed by atoms with E-state index in [-0.39, 0.29) is 29.5 Å². The van der Waals surface area contributed by atoms with E-state index >= 15 is 0 Å². The van der Waals surface area contributed by atoms with Crippen molar-refractivity contribution >= 4 is 11.9 Å². The molecular weight excluding hydrogens is 392 g/mol. The predicted molar refractivity (Wildman–Crippen MR) is 124 cm³/mol. The first-order valence-corrected chi connectivity index (χ1v) is 11.2. The van der Waals surface area contributed by atoms with Crippen molar-refractivity contribution in [3.8, 4) is 0 Å². The monoisotopic (exact) mass is 432 g/mol. The van der Waals surface area contributed by atoms with Gasteiger partial charge in [-0.1, -0.05) is 69.5 Å². The molecule has 1 amide bonds. The Morgan fingerprint density at radius 1 is 1.10 bits per heavy atom. The highest BCUT2D eigenvalue weighted by molar-refractivity contribution is 5.94. The number of aliphatic hydroxyl groups excluding tert-OH is 1. The van der Waals surface area contributed by atoms with Crippen LogP contribution in [0.2, 0.25) is 0 Å². The second kappa shape index (κ2) is 14.0. The van der Waals surface area contributed by atoms with E-state index in [2.05, 4.69) is 48.6 Å². The fourth-order valence-electron chi connectivity index (χ4n) is 3.31. The van der Waals surface area contributed by atoms with Crippen molar-refractivity contribution in [3.05, 3.63) is 47.7 Å². The highest BCUT2D eigenvalue weighted by Crippen LogP contribution is 2.51. The van der Waals surface area contributed by atoms with Crippen LogP contribution in [0.15, 0.2) is 42.1 Å². The van der Waals surface area contributed by atoms with Gasteiger partial charge in [-0.3, -0.25) is 4.79 Å². The topological polar surface area (TPSA) is 89.9 Å². The molecule has 1 aromatic carbocycles. The van der Waals surface area contributed by atoms with Gasteiger partial charge >= 0.3 is 5.97 Å². The molecule has 2 rings (SSSR count). The zero-order chi connectivity index (χ0) is 23.3. The van der Waals surface area contributed by atoms with Crippen molar-refractivity contribution in [1.82, 2.24) is 10.2 Å². The van der Waals surface area contributed by atoms with Crippen LogP contribution in [0.4, 0.5) is 0 Å². The first-order chi connectivity index (χ1) is 14.7. The van der Waals surface area contributed by atoms with Crippen LogP contribution < -0.4 is 5.32 Å². The molecule has 1 aliphatic carbocycles. The summed E-state index contributed by atoms with van der Waals surface area (Å²) < 4.78 is 0. The third kappa shape index (κ3) is 11.7. The smallest absolute Gasteiger partial charge is 0.352 e. The Bertz CT molecular complexity index is 699. The number of hydrogen-bond donors (Lipinski definition) is 3. The van der Waals surface area contributed by atoms with Crippen LogP contribution in [0.5, 0.6) is 0 Å². The molecule has 1 atom stereocenters. The number of aliphatic hydroxyl groups is 1. The molecule has 0 spiro atoms. The summed E-state index contributed by atoms with van der Waals surface area (Å²) in [6.45, 7) is 5.27. The average molecular weight is 433 g/mol. The van der Waals surface area contributed by atoms with Gasteiger partial charge in [0, 0.05) is 19.1 Å². The second-order valence-electron chi connectivity index (χ2n) is 9.16. The van der Waals surface area contributed by atoms with Gasteiger partial charge in [0.05, 0.1) is 0 Å². The molecule has 0 aromatic heterocycles. The maximum Gasteiger partial charge on any atom is 0.352 e. The first kappa shape index (κ1) is 26.9. The van der Waals surface area contributed by atoms with Crippen molar-refractivity contribution in [2.75, 3.05) is 20.7 Å². The number of nitrogens with zero attached hydrogens (tertiary/aromatic N) is 1. The first-order valence-electron chi connectivity index (χ1n) is 11.2. The molecule has 1 fully saturated rings. The molecule has 0 bridgehead atoms. The minimum absolute atomic E-state index is 0.000400. The van der Waals surface area contributed by atoms with Gasteiger partial charge in [0.2, 0.25) is 5.91 Å². The third-order valence-electron chi connectivity index (χ3n) is 5.37. The molecule has 1 saturated carbocycles. The predicted octanol–water partition coefficient (Wildman–Crippen LogP) is 4.20. The minimum Gasteiger partial charge on any atom is -0.477 e. The number of nitrogens with one attached hydrogen (secondary N) is 1. The van der Waals surface area contributed by atoms with E-state index in [0.29, 0.717) is 6.42 Å². The molecule has 0 saturated heterocycles. The number of amides is 1. The van der Waals surface area contributed by atoms with Crippen LogP contribution in [0.25, 0.3) is 0 Å². The molecule has 3 N–H and O–H groups in total. The average Bonchev–Trinajstić information content (AvgIpc) is 3.35. The van der Waals surface area contributed by atoms with Crippen LogP contribution in [-0.4, -0.2) is 47.7 Å². The van der Waals surface area contributed by atoms with Crippen LogP contribution >= 0.6 is 0 Å². The van der Waals surface area contributed by atoms with Gasteiger partial charge in [0.1, 0.15) is 5.70 Å². The van der Waals surface area contributed by atoms with E-state index in [0.717, 1.165) is 45.1 Å². The van der Waals surface area contributed by atoms with Gasteiger partial charge in [-0.25, -0.2) is 4.79 Å². The molecule has 1 aliphatic rings. The van der Waals surface area contributed by atoms with E-state index in [4.69, 9.17) is 10.2 Å². The molecule has 0 aliphatic heterocycles. The molecule has 1 unspecified atom stereocenters. The highest BCUT2D eigenvalue weighted by atomic mass is 16.4. The summed E-state index contributed by atoms with van der Waals surface area (Å²) in [7, 11) is 4.15. The SMILES string of the molecule is CC1(C)CC1C(=O)N/C(=C/CCCCCCCO)C(=O)O.CN(C)Cc1ccccc1. The van der Waals surface area contributed by atoms with Gasteiger partial charge in [-0.2, -0.15) is 0 Å². The number of benzene rings is 1. The van der Waals surface area contributed by atoms with Crippen LogP contribution in [-0.2, 0) is 16.1 Å². The molecule has 0 radical (unpaired) electrons. The molecule has 6 nitrogen and oxygen atoms in total. The van der Waals surface area contributed by atoms with Crippen molar-refractivity contribution in [1.29, 1.82) is 0 Å². The second-order valence-corrected chi connectivity index (χ2v) is 9.16. The maximum absolute atomic E-state index is 11.9. The summed E-state index contributed by atoms with van der Waals surface area (Å²) in [5, 5.41) is 20.3. The summed E-state index contributed by atoms with van der Waals surface area (Å²) in [5.41, 5.74) is 1.37. The Morgan fingerprint density at radius 3 is 2.19 bits per heavy atom. The number of carbonyl (C=O) groups is 2. The number of carbonyl (C=O) groups excluding carboxylic acids is 1. The lowest BCUT2D eigenvalue weighted by Gasteiger charge is -2.08. The largest absolute Gasteiger partial charge is 0.477 e. The molecule has 174 valence electrons. The molecule has 31 heavy (non-hydrogen) atoms. The van der Waals surface area contributed by atoms with Gasteiger partial charge in [-0.05, 0) is 50.8 Å². The number of carboxylic acid groups (broad SMARTS) is 1. The number of carboxylic acids is 1. The van der Waals surface area contributed by atoms with Gasteiger partial charge in [0.25, 0.3) is 0 Å². The van der Waals surface area contributed by atoms with Crippen LogP contribution in [0.1, 0.15) is 64.4 Å². The highest BCUT2D eigenvalue weighted by Gasteiger charge is 2.50. The Hall–Kier alpha value is -2.18. The Kier molecular flexibility index (Phi) is 12.1. The van der Waals surface area contributed by atoms with Crippen molar-refractivity contribution in [2.24, 2.45) is 11.3 Å². The van der Waals surface area contributed by atoms with E-state index in [1.54, 1.807) is 6.08 Å². The normalized spacial score (nSPS) is 17.0. The molecular formula is C25H40N2O4. The third-order valence-corrected chi connectivity index (χ3v) is 5.37. The van der Waals surface area contributed by atoms with Gasteiger partial charge < -0.3 is 20.4 Å². The zero-order valence-corrected chi connectivity index (χ0v) is 19.6. The molecule has 1 aromatic rings. The Labute approximate surface area is 187 Å². The number of rotatable bonds is 12. The summed E-state index contributed by atoms with van der Waals surface area (Å²) in [6, 6.07) is 10.5. The minimum atomic E-state index is -1.08. The maximum atomic E-state index is 11.9. The van der Waals surface area contributed by atoms with Gasteiger partial charge in [-0.15, -0.1) is 0 Å². The summed E-state index contributed by atoms with van der Waals surface area (Å²) in [4.78, 5) is 25.2.